The van der Waals surface area contributed by atoms with Crippen molar-refractivity contribution >= 4 is 0 Å². The summed E-state index contributed by atoms with van der Waals surface area (Å²) in [5.41, 5.74) is 0. The molecule has 0 fully saturated rings. The Morgan fingerprint density at radius 3 is 2.23 bits per heavy atom. The van der Waals surface area contributed by atoms with E-state index in [1.165, 1.54) is 17.8 Å². The van der Waals surface area contributed by atoms with E-state index in [2.05, 4.69) is 0 Å². The Morgan fingerprint density at radius 2 is 1.92 bits per heavy atom. The Hall–Kier alpha value is -0.590. The lowest BCUT2D eigenvalue weighted by molar-refractivity contribution is -0.671. The van der Waals surface area contributed by atoms with Crippen LogP contribution in [0.25, 0.3) is 0 Å². The highest BCUT2D eigenvalue weighted by Gasteiger charge is 2.47. The molecule has 0 aliphatic heterocycles. The van der Waals surface area contributed by atoms with E-state index in [1.54, 1.807) is 0 Å². The van der Waals surface area contributed by atoms with Crippen LogP contribution in [0, 0.1) is 0 Å². The van der Waals surface area contributed by atoms with Crippen molar-refractivity contribution in [2.45, 2.75) is 12.5 Å². The van der Waals surface area contributed by atoms with Crippen LogP contribution in [0.3, 0.4) is 0 Å². The highest BCUT2D eigenvalue weighted by molar-refractivity contribution is 4.75. The van der Waals surface area contributed by atoms with Crippen molar-refractivity contribution in [2.75, 3.05) is 0 Å². The molecule has 0 amide bonds. The lowest BCUT2D eigenvalue weighted by Gasteiger charge is -2.09. The summed E-state index contributed by atoms with van der Waals surface area (Å²) < 4.78 is 49.9. The SMILES string of the molecule is C[n+]1ccn(C(F)(F)C(F)F)c1.[Br-]. The van der Waals surface area contributed by atoms with Gasteiger partial charge in [-0.05, 0) is 0 Å². The van der Waals surface area contributed by atoms with E-state index in [-0.39, 0.29) is 21.5 Å². The molecule has 1 rings (SSSR count). The number of aromatic nitrogens is 2. The highest BCUT2D eigenvalue weighted by atomic mass is 79.9. The van der Waals surface area contributed by atoms with Gasteiger partial charge in [0, 0.05) is 0 Å². The van der Waals surface area contributed by atoms with Crippen LogP contribution >= 0.6 is 0 Å². The first-order chi connectivity index (χ1) is 5.44. The van der Waals surface area contributed by atoms with Gasteiger partial charge in [0.2, 0.25) is 6.33 Å². The normalized spacial score (nSPS) is 11.5. The Balaban J connectivity index is 0.00000144. The summed E-state index contributed by atoms with van der Waals surface area (Å²) in [7, 11) is 1.47. The van der Waals surface area contributed by atoms with E-state index in [0.29, 0.717) is 0 Å². The van der Waals surface area contributed by atoms with Crippen molar-refractivity contribution in [3.05, 3.63) is 18.7 Å². The fraction of sp³-hybridized carbons (Fsp3) is 0.500. The fourth-order valence-corrected chi connectivity index (χ4v) is 0.739. The molecule has 1 aromatic heterocycles. The molecule has 7 heteroatoms. The smallest absolute Gasteiger partial charge is 0.459 e. The number of nitrogens with zero attached hydrogens (tertiary/aromatic N) is 2. The van der Waals surface area contributed by atoms with Gasteiger partial charge >= 0.3 is 12.5 Å². The second-order valence-corrected chi connectivity index (χ2v) is 2.37. The van der Waals surface area contributed by atoms with Crippen LogP contribution in [0.5, 0.6) is 0 Å². The molecule has 13 heavy (non-hydrogen) atoms. The van der Waals surface area contributed by atoms with Crippen molar-refractivity contribution in [3.63, 3.8) is 0 Å². The van der Waals surface area contributed by atoms with Gasteiger partial charge in [0.1, 0.15) is 12.4 Å². The topological polar surface area (TPSA) is 8.81 Å². The van der Waals surface area contributed by atoms with Crippen molar-refractivity contribution in [1.29, 1.82) is 0 Å². The van der Waals surface area contributed by atoms with Crippen LogP contribution in [0.2, 0.25) is 0 Å². The van der Waals surface area contributed by atoms with Gasteiger partial charge in [0.05, 0.1) is 7.05 Å². The Bertz CT molecular complexity index is 273. The second-order valence-electron chi connectivity index (χ2n) is 2.37. The summed E-state index contributed by atoms with van der Waals surface area (Å²) in [6.45, 7) is 0. The molecule has 0 aliphatic carbocycles. The lowest BCUT2D eigenvalue weighted by Crippen LogP contribution is -3.00. The molecule has 0 N–H and O–H groups in total. The molecule has 0 radical (unpaired) electrons. The van der Waals surface area contributed by atoms with Gasteiger partial charge in [0.25, 0.3) is 0 Å². The Morgan fingerprint density at radius 1 is 1.38 bits per heavy atom. The molecule has 0 bridgehead atoms. The van der Waals surface area contributed by atoms with Crippen LogP contribution in [0.1, 0.15) is 0 Å². The molecule has 0 spiro atoms. The van der Waals surface area contributed by atoms with Gasteiger partial charge in [-0.2, -0.15) is 22.1 Å². The Kier molecular flexibility index (Phi) is 3.89. The number of halogens is 5. The van der Waals surface area contributed by atoms with E-state index >= 15 is 0 Å². The largest absolute Gasteiger partial charge is 1.00 e. The summed E-state index contributed by atoms with van der Waals surface area (Å²) in [4.78, 5) is 0. The first kappa shape index (κ1) is 12.4. The maximum Gasteiger partial charge on any atom is 0.459 e. The summed E-state index contributed by atoms with van der Waals surface area (Å²) in [6.07, 6.45) is -0.640. The zero-order chi connectivity index (χ0) is 9.35. The fourth-order valence-electron chi connectivity index (χ4n) is 0.739. The maximum atomic E-state index is 12.5. The third-order valence-electron chi connectivity index (χ3n) is 1.38. The van der Waals surface area contributed by atoms with Gasteiger partial charge in [-0.15, -0.1) is 0 Å². The third-order valence-corrected chi connectivity index (χ3v) is 1.38. The van der Waals surface area contributed by atoms with Crippen LogP contribution in [-0.2, 0) is 13.1 Å². The minimum Gasteiger partial charge on any atom is -1.00 e. The lowest BCUT2D eigenvalue weighted by atomic mass is 10.5. The molecule has 0 unspecified atom stereocenters. The van der Waals surface area contributed by atoms with Crippen molar-refractivity contribution in [1.82, 2.24) is 4.57 Å². The predicted molar refractivity (Wildman–Crippen MR) is 31.8 cm³/mol. The molecule has 1 heterocycles. The van der Waals surface area contributed by atoms with Gasteiger partial charge < -0.3 is 17.0 Å². The summed E-state index contributed by atoms with van der Waals surface area (Å²) in [5, 5.41) is 0. The average Bonchev–Trinajstić information content (AvgIpc) is 2.35. The molecular weight excluding hydrogens is 256 g/mol. The summed E-state index contributed by atoms with van der Waals surface area (Å²) in [6, 6.07) is -4.12. The van der Waals surface area contributed by atoms with Gasteiger partial charge in [-0.1, -0.05) is 0 Å². The molecule has 0 saturated heterocycles. The number of hydrogen-bond donors (Lipinski definition) is 0. The summed E-state index contributed by atoms with van der Waals surface area (Å²) in [5.74, 6) is 0. The van der Waals surface area contributed by atoms with Gasteiger partial charge in [-0.25, -0.2) is 4.57 Å². The number of imidazole rings is 1. The maximum absolute atomic E-state index is 12.5. The molecule has 0 atom stereocenters. The van der Waals surface area contributed by atoms with E-state index < -0.39 is 12.5 Å². The van der Waals surface area contributed by atoms with Crippen molar-refractivity contribution < 1.29 is 39.1 Å². The van der Waals surface area contributed by atoms with Crippen molar-refractivity contribution in [3.8, 4) is 0 Å². The van der Waals surface area contributed by atoms with E-state index in [1.807, 2.05) is 0 Å². The molecule has 1 aromatic rings. The number of hydrogen-bond acceptors (Lipinski definition) is 0. The van der Waals surface area contributed by atoms with Crippen LogP contribution < -0.4 is 21.5 Å². The molecule has 0 aromatic carbocycles. The highest BCUT2D eigenvalue weighted by Crippen LogP contribution is 2.27. The third kappa shape index (κ3) is 2.43. The van der Waals surface area contributed by atoms with Gasteiger partial charge in [0.15, 0.2) is 0 Å². The van der Waals surface area contributed by atoms with E-state index in [9.17, 15) is 17.6 Å². The monoisotopic (exact) mass is 262 g/mol. The molecule has 0 saturated carbocycles. The number of alkyl halides is 4. The van der Waals surface area contributed by atoms with E-state index in [4.69, 9.17) is 0 Å². The molecular formula is C6H7BrF4N2. The Labute approximate surface area is 82.5 Å². The molecule has 0 aliphatic rings. The van der Waals surface area contributed by atoms with Crippen molar-refractivity contribution in [2.24, 2.45) is 7.05 Å². The predicted octanol–water partition coefficient (Wildman–Crippen LogP) is -1.87. The number of rotatable bonds is 2. The minimum absolute atomic E-state index is 0. The van der Waals surface area contributed by atoms with E-state index in [0.717, 1.165) is 12.5 Å². The summed E-state index contributed by atoms with van der Waals surface area (Å²) >= 11 is 0. The van der Waals surface area contributed by atoms with Gasteiger partial charge in [-0.3, -0.25) is 0 Å². The zero-order valence-electron chi connectivity index (χ0n) is 6.59. The zero-order valence-corrected chi connectivity index (χ0v) is 8.18. The average molecular weight is 263 g/mol. The van der Waals surface area contributed by atoms with Crippen LogP contribution in [-0.4, -0.2) is 11.0 Å². The minimum atomic E-state index is -4.12. The first-order valence-corrected chi connectivity index (χ1v) is 3.14. The molecule has 76 valence electrons. The van der Waals surface area contributed by atoms with Crippen LogP contribution in [0.4, 0.5) is 17.6 Å². The van der Waals surface area contributed by atoms with Crippen LogP contribution in [0.15, 0.2) is 18.7 Å². The second kappa shape index (κ2) is 4.08. The molecule has 2 nitrogen and oxygen atoms in total. The number of aryl methyl sites for hydroxylation is 1. The quantitative estimate of drug-likeness (QED) is 0.437. The standard InChI is InChI=1S/C6H7F4N2.BrH/c1-11-2-3-12(4-11)6(9,10)5(7)8;/h2-5H,1H3;1H/q+1;/p-1. The first-order valence-electron chi connectivity index (χ1n) is 3.14.